The highest BCUT2D eigenvalue weighted by Gasteiger charge is 2.30. The molecule has 0 amide bonds. The number of ether oxygens (including phenoxy) is 4. The van der Waals surface area contributed by atoms with E-state index in [4.69, 9.17) is 37.0 Å². The second kappa shape index (κ2) is 65.4. The maximum atomic E-state index is 13.1. The van der Waals surface area contributed by atoms with Crippen molar-refractivity contribution in [1.29, 1.82) is 0 Å². The maximum Gasteiger partial charge on any atom is 0.472 e. The zero-order valence-corrected chi connectivity index (χ0v) is 64.1. The number of aliphatic hydroxyl groups excluding tert-OH is 1. The summed E-state index contributed by atoms with van der Waals surface area (Å²) in [6.45, 7) is 14.1. The van der Waals surface area contributed by atoms with Crippen LogP contribution < -0.4 is 0 Å². The number of hydrogen-bond acceptors (Lipinski definition) is 15. The van der Waals surface area contributed by atoms with Crippen molar-refractivity contribution in [3.63, 3.8) is 0 Å². The summed E-state index contributed by atoms with van der Waals surface area (Å²) >= 11 is 0. The lowest BCUT2D eigenvalue weighted by Gasteiger charge is -2.21. The van der Waals surface area contributed by atoms with Gasteiger partial charge in [0.15, 0.2) is 12.2 Å². The Morgan fingerprint density at radius 1 is 0.295 bits per heavy atom. The predicted molar refractivity (Wildman–Crippen MR) is 386 cm³/mol. The molecule has 0 rings (SSSR count). The van der Waals surface area contributed by atoms with Gasteiger partial charge in [0.2, 0.25) is 0 Å². The van der Waals surface area contributed by atoms with Gasteiger partial charge in [0, 0.05) is 25.7 Å². The fraction of sp³-hybridized carbons (Fsp3) is 0.947. The van der Waals surface area contributed by atoms with E-state index in [2.05, 4.69) is 55.4 Å². The van der Waals surface area contributed by atoms with E-state index in [0.717, 1.165) is 108 Å². The van der Waals surface area contributed by atoms with Crippen LogP contribution in [-0.2, 0) is 65.4 Å². The first kappa shape index (κ1) is 93.1. The Morgan fingerprint density at radius 3 is 0.747 bits per heavy atom. The number of phosphoric ester groups is 2. The number of esters is 4. The van der Waals surface area contributed by atoms with Gasteiger partial charge in [0.25, 0.3) is 0 Å². The van der Waals surface area contributed by atoms with E-state index in [-0.39, 0.29) is 25.7 Å². The quantitative estimate of drug-likeness (QED) is 0.0222. The molecule has 0 aliphatic rings. The molecule has 3 N–H and O–H groups in total. The molecule has 0 aromatic carbocycles. The van der Waals surface area contributed by atoms with E-state index in [1.807, 2.05) is 0 Å². The molecule has 17 nitrogen and oxygen atoms in total. The highest BCUT2D eigenvalue weighted by atomic mass is 31.2. The average molecular weight is 1400 g/mol. The smallest absolute Gasteiger partial charge is 0.462 e. The number of hydrogen-bond donors (Lipinski definition) is 3. The lowest BCUT2D eigenvalue weighted by molar-refractivity contribution is -0.161. The summed E-state index contributed by atoms with van der Waals surface area (Å²) in [6, 6.07) is 0. The molecule has 6 atom stereocenters. The summed E-state index contributed by atoms with van der Waals surface area (Å²) in [5, 5.41) is 10.6. The van der Waals surface area contributed by atoms with Crippen LogP contribution in [0.2, 0.25) is 0 Å². The predicted octanol–water partition coefficient (Wildman–Crippen LogP) is 22.0. The lowest BCUT2D eigenvalue weighted by Crippen LogP contribution is -2.30. The fourth-order valence-corrected chi connectivity index (χ4v) is 13.1. The van der Waals surface area contributed by atoms with Gasteiger partial charge in [-0.3, -0.25) is 37.3 Å². The first-order chi connectivity index (χ1) is 45.6. The van der Waals surface area contributed by atoms with E-state index in [1.165, 1.54) is 180 Å². The van der Waals surface area contributed by atoms with Gasteiger partial charge in [0.05, 0.1) is 26.4 Å². The maximum absolute atomic E-state index is 13.1. The Balaban J connectivity index is 5.16. The zero-order chi connectivity index (χ0) is 70.3. The van der Waals surface area contributed by atoms with Crippen LogP contribution in [-0.4, -0.2) is 96.7 Å². The number of carbonyl (C=O) groups excluding carboxylic acids is 4. The van der Waals surface area contributed by atoms with Crippen molar-refractivity contribution in [3.8, 4) is 0 Å². The number of rotatable bonds is 73. The van der Waals surface area contributed by atoms with E-state index >= 15 is 0 Å². The Hall–Kier alpha value is -1.94. The highest BCUT2D eigenvalue weighted by molar-refractivity contribution is 7.47. The summed E-state index contributed by atoms with van der Waals surface area (Å²) in [5.74, 6) is 0.901. The summed E-state index contributed by atoms with van der Waals surface area (Å²) in [5.41, 5.74) is 0. The Morgan fingerprint density at radius 2 is 0.505 bits per heavy atom. The Kier molecular flexibility index (Phi) is 64.0. The molecular weight excluding hydrogens is 1250 g/mol. The largest absolute Gasteiger partial charge is 0.472 e. The highest BCUT2D eigenvalue weighted by Crippen LogP contribution is 2.45. The average Bonchev–Trinajstić information content (AvgIpc) is 1.77. The molecule has 0 saturated carbocycles. The Labute approximate surface area is 581 Å². The zero-order valence-electron chi connectivity index (χ0n) is 62.3. The summed E-state index contributed by atoms with van der Waals surface area (Å²) in [6.07, 6.45) is 50.2. The van der Waals surface area contributed by atoms with E-state index in [1.54, 1.807) is 0 Å². The molecule has 4 unspecified atom stereocenters. The van der Waals surface area contributed by atoms with Crippen molar-refractivity contribution in [1.82, 2.24) is 0 Å². The van der Waals surface area contributed by atoms with Gasteiger partial charge in [-0.2, -0.15) is 0 Å². The van der Waals surface area contributed by atoms with E-state index in [0.29, 0.717) is 37.5 Å². The molecule has 0 saturated heterocycles. The van der Waals surface area contributed by atoms with Crippen molar-refractivity contribution in [2.24, 2.45) is 23.7 Å². The van der Waals surface area contributed by atoms with Crippen LogP contribution in [0.25, 0.3) is 0 Å². The molecule has 0 aromatic heterocycles. The van der Waals surface area contributed by atoms with E-state index in [9.17, 15) is 43.2 Å². The van der Waals surface area contributed by atoms with Crippen LogP contribution in [0.5, 0.6) is 0 Å². The van der Waals surface area contributed by atoms with Crippen LogP contribution in [0, 0.1) is 23.7 Å². The number of phosphoric acid groups is 2. The lowest BCUT2D eigenvalue weighted by atomic mass is 9.99. The minimum absolute atomic E-state index is 0.102. The van der Waals surface area contributed by atoms with Gasteiger partial charge < -0.3 is 33.8 Å². The molecule has 0 fully saturated rings. The topological polar surface area (TPSA) is 237 Å². The first-order valence-electron chi connectivity index (χ1n) is 39.2. The van der Waals surface area contributed by atoms with Gasteiger partial charge in [-0.25, -0.2) is 9.13 Å². The standard InChI is InChI=1S/C76H148O17P2/c1-9-69(8)55-47-39-30-24-20-16-13-14-17-21-25-31-40-48-56-73(78)86-63-72(93-76(81)59-51-43-35-34-38-46-54-68(6)7)65-91-95(84,85)89-61-70(77)60-88-94(82,83)90-64-71(62-87-74(79)57-49-41-33-27-29-37-45-53-67(4)5)92-75(80)58-50-42-32-26-22-18-12-10-11-15-19-23-28-36-44-52-66(2)3/h66-72,77H,9-65H2,1-8H3,(H,82,83)(H,84,85)/t69?,70?,71-,72-/m1/s1. The molecular formula is C76H148O17P2. The number of aliphatic hydroxyl groups is 1. The molecule has 0 aromatic rings. The van der Waals surface area contributed by atoms with Gasteiger partial charge in [-0.15, -0.1) is 0 Å². The second-order valence-corrected chi connectivity index (χ2v) is 32.0. The van der Waals surface area contributed by atoms with Crippen molar-refractivity contribution < 1.29 is 80.2 Å². The molecule has 0 radical (unpaired) electrons. The summed E-state index contributed by atoms with van der Waals surface area (Å²) in [7, 11) is -9.91. The Bertz CT molecular complexity index is 1870. The minimum Gasteiger partial charge on any atom is -0.462 e. The van der Waals surface area contributed by atoms with Gasteiger partial charge in [-0.05, 0) is 49.4 Å². The molecule has 19 heteroatoms. The van der Waals surface area contributed by atoms with Crippen molar-refractivity contribution in [3.05, 3.63) is 0 Å². The van der Waals surface area contributed by atoms with Crippen LogP contribution in [0.4, 0.5) is 0 Å². The molecule has 0 spiro atoms. The summed E-state index contributed by atoms with van der Waals surface area (Å²) in [4.78, 5) is 72.7. The van der Waals surface area contributed by atoms with Gasteiger partial charge in [0.1, 0.15) is 19.3 Å². The first-order valence-corrected chi connectivity index (χ1v) is 42.2. The van der Waals surface area contributed by atoms with Crippen LogP contribution in [0.3, 0.4) is 0 Å². The summed E-state index contributed by atoms with van der Waals surface area (Å²) < 4.78 is 68.4. The van der Waals surface area contributed by atoms with Gasteiger partial charge in [-0.1, -0.05) is 331 Å². The second-order valence-electron chi connectivity index (χ2n) is 29.1. The third-order valence-corrected chi connectivity index (χ3v) is 19.8. The molecule has 0 heterocycles. The van der Waals surface area contributed by atoms with Crippen molar-refractivity contribution >= 4 is 39.5 Å². The number of carbonyl (C=O) groups is 4. The third-order valence-electron chi connectivity index (χ3n) is 17.9. The van der Waals surface area contributed by atoms with Crippen LogP contribution in [0.15, 0.2) is 0 Å². The van der Waals surface area contributed by atoms with Crippen LogP contribution >= 0.6 is 15.6 Å². The molecule has 0 aliphatic carbocycles. The molecule has 0 bridgehead atoms. The van der Waals surface area contributed by atoms with Gasteiger partial charge >= 0.3 is 39.5 Å². The fourth-order valence-electron chi connectivity index (χ4n) is 11.5. The van der Waals surface area contributed by atoms with Crippen molar-refractivity contribution in [2.45, 2.75) is 401 Å². The third kappa shape index (κ3) is 69.0. The minimum atomic E-state index is -4.96. The molecule has 0 aliphatic heterocycles. The monoisotopic (exact) mass is 1400 g/mol. The SMILES string of the molecule is CCC(C)CCCCCCCCCCCCCCCCC(=O)OC[C@H](COP(=O)(O)OCC(O)COP(=O)(O)OC[C@@H](COC(=O)CCCCCCCCCC(C)C)OC(=O)CCCCCCCCCCCCCCCCCC(C)C)OC(=O)CCCCCCCCC(C)C. The van der Waals surface area contributed by atoms with Crippen LogP contribution in [0.1, 0.15) is 383 Å². The van der Waals surface area contributed by atoms with E-state index < -0.39 is 97.5 Å². The van der Waals surface area contributed by atoms with Crippen molar-refractivity contribution in [2.75, 3.05) is 39.6 Å². The molecule has 564 valence electrons. The normalized spacial score (nSPS) is 14.4. The number of unbranched alkanes of at least 4 members (excludes halogenated alkanes) is 38. The molecule has 95 heavy (non-hydrogen) atoms.